The van der Waals surface area contributed by atoms with Crippen molar-refractivity contribution in [1.29, 1.82) is 0 Å². The van der Waals surface area contributed by atoms with Crippen molar-refractivity contribution in [2.45, 2.75) is 109 Å². The van der Waals surface area contributed by atoms with Crippen molar-refractivity contribution in [2.24, 2.45) is 5.41 Å². The van der Waals surface area contributed by atoms with E-state index in [1.807, 2.05) is 30.3 Å². The van der Waals surface area contributed by atoms with Gasteiger partial charge in [0.25, 0.3) is 8.32 Å². The van der Waals surface area contributed by atoms with Crippen molar-refractivity contribution < 1.29 is 23.4 Å². The van der Waals surface area contributed by atoms with Crippen LogP contribution in [0.1, 0.15) is 67.4 Å². The third-order valence-corrected chi connectivity index (χ3v) is 22.0. The molecule has 0 radical (unpaired) electrons. The Morgan fingerprint density at radius 1 is 0.727 bits per heavy atom. The average molecular weight is 799 g/mol. The molecule has 4 aromatic rings. The second-order valence-corrected chi connectivity index (χ2v) is 27.8. The predicted octanol–water partition coefficient (Wildman–Crippen LogP) is 10.7. The molecule has 1 N–H and O–H groups in total. The molecule has 8 heteroatoms. The SMILES string of the molecule is COc1ccc(COCC/C(=C\CO[Si](c2ccccc2)(c2ccccc2)C(C)(C)C)[C@@H](O[Si](C)(C)C(C)(C)C)[C@H](O)C(C)(C)CSc2ccccc2)cc1. The van der Waals surface area contributed by atoms with Gasteiger partial charge in [-0.05, 0) is 75.4 Å². The fourth-order valence-corrected chi connectivity index (χ4v) is 13.4. The summed E-state index contributed by atoms with van der Waals surface area (Å²) in [5, 5.41) is 14.8. The highest BCUT2D eigenvalue weighted by atomic mass is 32.2. The van der Waals surface area contributed by atoms with E-state index in [1.165, 1.54) is 15.3 Å². The van der Waals surface area contributed by atoms with Gasteiger partial charge < -0.3 is 23.4 Å². The van der Waals surface area contributed by atoms with E-state index < -0.39 is 34.3 Å². The zero-order valence-electron chi connectivity index (χ0n) is 35.2. The fourth-order valence-electron chi connectivity index (χ4n) is 6.62. The first-order valence-corrected chi connectivity index (χ1v) is 25.4. The van der Waals surface area contributed by atoms with Crippen molar-refractivity contribution in [3.63, 3.8) is 0 Å². The summed E-state index contributed by atoms with van der Waals surface area (Å²) in [5.74, 6) is 1.55. The first kappa shape index (κ1) is 44.8. The first-order chi connectivity index (χ1) is 25.9. The maximum atomic E-state index is 12.6. The third-order valence-electron chi connectivity index (χ3n) is 11.1. The van der Waals surface area contributed by atoms with Crippen LogP contribution >= 0.6 is 11.8 Å². The molecule has 4 rings (SSSR count). The summed E-state index contributed by atoms with van der Waals surface area (Å²) < 4.78 is 26.4. The van der Waals surface area contributed by atoms with Gasteiger partial charge in [0.15, 0.2) is 8.32 Å². The van der Waals surface area contributed by atoms with E-state index >= 15 is 0 Å². The predicted molar refractivity (Wildman–Crippen MR) is 238 cm³/mol. The lowest BCUT2D eigenvalue weighted by atomic mass is 9.82. The van der Waals surface area contributed by atoms with E-state index in [9.17, 15) is 5.11 Å². The molecule has 0 aliphatic rings. The number of methoxy groups -OCH3 is 1. The van der Waals surface area contributed by atoms with Crippen molar-refractivity contribution in [2.75, 3.05) is 26.1 Å². The second-order valence-electron chi connectivity index (χ2n) is 17.7. The van der Waals surface area contributed by atoms with Gasteiger partial charge in [-0.1, -0.05) is 152 Å². The topological polar surface area (TPSA) is 57.2 Å². The Morgan fingerprint density at radius 3 is 1.75 bits per heavy atom. The van der Waals surface area contributed by atoms with Gasteiger partial charge in [-0.25, -0.2) is 0 Å². The lowest BCUT2D eigenvalue weighted by Gasteiger charge is -2.45. The summed E-state index contributed by atoms with van der Waals surface area (Å²) in [6.45, 7) is 23.9. The Labute approximate surface area is 339 Å². The molecule has 0 fully saturated rings. The van der Waals surface area contributed by atoms with Crippen LogP contribution in [-0.2, 0) is 20.2 Å². The molecular weight excluding hydrogens is 733 g/mol. The molecule has 0 spiro atoms. The van der Waals surface area contributed by atoms with Crippen molar-refractivity contribution in [3.05, 3.63) is 132 Å². The van der Waals surface area contributed by atoms with Gasteiger partial charge in [-0.3, -0.25) is 0 Å². The molecule has 0 amide bonds. The van der Waals surface area contributed by atoms with E-state index in [-0.39, 0.29) is 10.1 Å². The highest BCUT2D eigenvalue weighted by Gasteiger charge is 2.50. The maximum Gasteiger partial charge on any atom is 0.261 e. The Hall–Kier alpha value is -2.96. The second kappa shape index (κ2) is 19.5. The van der Waals surface area contributed by atoms with Crippen molar-refractivity contribution >= 4 is 38.8 Å². The van der Waals surface area contributed by atoms with E-state index in [4.69, 9.17) is 18.3 Å². The van der Waals surface area contributed by atoms with Gasteiger partial charge >= 0.3 is 0 Å². The van der Waals surface area contributed by atoms with Crippen LogP contribution in [0.3, 0.4) is 0 Å². The number of aliphatic hydroxyl groups excluding tert-OH is 1. The molecular formula is C47H66O5SSi2. The van der Waals surface area contributed by atoms with Gasteiger partial charge in [0, 0.05) is 16.1 Å². The quantitative estimate of drug-likeness (QED) is 0.0441. The number of rotatable bonds is 19. The molecule has 0 aliphatic heterocycles. The maximum absolute atomic E-state index is 12.6. The van der Waals surface area contributed by atoms with Gasteiger partial charge in [-0.15, -0.1) is 11.8 Å². The summed E-state index contributed by atoms with van der Waals surface area (Å²) >= 11 is 1.77. The first-order valence-electron chi connectivity index (χ1n) is 19.6. The molecule has 0 aromatic heterocycles. The minimum Gasteiger partial charge on any atom is -0.497 e. The molecule has 0 heterocycles. The van der Waals surface area contributed by atoms with Gasteiger partial charge in [0.2, 0.25) is 0 Å². The zero-order valence-corrected chi connectivity index (χ0v) is 38.0. The largest absolute Gasteiger partial charge is 0.497 e. The summed E-state index contributed by atoms with van der Waals surface area (Å²) in [4.78, 5) is 1.19. The van der Waals surface area contributed by atoms with Crippen molar-refractivity contribution in [1.82, 2.24) is 0 Å². The molecule has 298 valence electrons. The highest BCUT2D eigenvalue weighted by molar-refractivity contribution is 7.99. The summed E-state index contributed by atoms with van der Waals surface area (Å²) in [6, 6.07) is 39.9. The molecule has 0 saturated heterocycles. The van der Waals surface area contributed by atoms with Gasteiger partial charge in [0.05, 0.1) is 39.1 Å². The summed E-state index contributed by atoms with van der Waals surface area (Å²) in [7, 11) is -3.51. The number of thioether (sulfide) groups is 1. The lowest BCUT2D eigenvalue weighted by Crippen LogP contribution is -2.66. The Bertz CT molecular complexity index is 1710. The molecule has 55 heavy (non-hydrogen) atoms. The van der Waals surface area contributed by atoms with Crippen LogP contribution in [0.5, 0.6) is 5.75 Å². The third kappa shape index (κ3) is 11.8. The molecule has 2 atom stereocenters. The Balaban J connectivity index is 1.75. The number of ether oxygens (including phenoxy) is 2. The minimum atomic E-state index is -2.82. The van der Waals surface area contributed by atoms with E-state index in [0.717, 1.165) is 22.6 Å². The van der Waals surface area contributed by atoms with Crippen LogP contribution in [0.25, 0.3) is 0 Å². The number of benzene rings is 4. The molecule has 0 bridgehead atoms. The van der Waals surface area contributed by atoms with Crippen LogP contribution in [0.15, 0.2) is 132 Å². The van der Waals surface area contributed by atoms with Crippen LogP contribution < -0.4 is 15.1 Å². The van der Waals surface area contributed by atoms with E-state index in [1.54, 1.807) is 18.9 Å². The van der Waals surface area contributed by atoms with Crippen molar-refractivity contribution in [3.8, 4) is 5.75 Å². The average Bonchev–Trinajstić information content (AvgIpc) is 3.16. The van der Waals surface area contributed by atoms with Gasteiger partial charge in [-0.2, -0.15) is 0 Å². The minimum absolute atomic E-state index is 0.0602. The monoisotopic (exact) mass is 798 g/mol. The van der Waals surface area contributed by atoms with Crippen LogP contribution in [0.2, 0.25) is 23.2 Å². The molecule has 4 aromatic carbocycles. The van der Waals surface area contributed by atoms with Crippen LogP contribution in [0, 0.1) is 5.41 Å². The Kier molecular flexibility index (Phi) is 15.8. The molecule has 0 unspecified atom stereocenters. The molecule has 0 saturated carbocycles. The fraction of sp³-hybridized carbons (Fsp3) is 0.447. The summed E-state index contributed by atoms with van der Waals surface area (Å²) in [6.07, 6.45) is 1.48. The summed E-state index contributed by atoms with van der Waals surface area (Å²) in [5.41, 5.74) is 1.62. The van der Waals surface area contributed by atoms with E-state index in [0.29, 0.717) is 26.2 Å². The smallest absolute Gasteiger partial charge is 0.261 e. The molecule has 0 aliphatic carbocycles. The zero-order chi connectivity index (χ0) is 40.3. The normalized spacial score (nSPS) is 14.4. The lowest BCUT2D eigenvalue weighted by molar-refractivity contribution is -0.0220. The van der Waals surface area contributed by atoms with E-state index in [2.05, 4.69) is 159 Å². The standard InChI is InChI=1S/C47H66O5SSi2/c1-45(2,3)54(10,11)52-43(44(48)47(7,8)36-53-40-21-15-12-16-22-40)38(31-33-50-35-37-27-29-39(49-9)30-28-37)32-34-51-55(46(4,5)6,41-23-17-13-18-24-41)42-25-19-14-20-26-42/h12-30,32,43-44,48H,31,33-36H2,1-11H3/b38-32+/t43-,44+/m1/s1. The Morgan fingerprint density at radius 2 is 1.25 bits per heavy atom. The number of hydrogen-bond acceptors (Lipinski definition) is 6. The highest BCUT2D eigenvalue weighted by Crippen LogP contribution is 2.42. The van der Waals surface area contributed by atoms with Crippen LogP contribution in [-0.4, -0.2) is 60.0 Å². The number of hydrogen-bond donors (Lipinski definition) is 1. The van der Waals surface area contributed by atoms with Gasteiger partial charge in [0.1, 0.15) is 5.75 Å². The number of aliphatic hydroxyl groups is 1. The molecule has 5 nitrogen and oxygen atoms in total. The van der Waals surface area contributed by atoms with Crippen LogP contribution in [0.4, 0.5) is 0 Å².